The summed E-state index contributed by atoms with van der Waals surface area (Å²) >= 11 is 6.05. The summed E-state index contributed by atoms with van der Waals surface area (Å²) in [4.78, 5) is 13.1. The van der Waals surface area contributed by atoms with Gasteiger partial charge in [-0.1, -0.05) is 29.8 Å². The molecule has 1 aliphatic rings. The van der Waals surface area contributed by atoms with E-state index in [4.69, 9.17) is 20.8 Å². The minimum Gasteiger partial charge on any atom is -0.497 e. The summed E-state index contributed by atoms with van der Waals surface area (Å²) in [7, 11) is 1.62. The molecular weight excluding hydrogens is 364 g/mol. The number of hydrogen-bond acceptors (Lipinski definition) is 4. The van der Waals surface area contributed by atoms with E-state index in [1.165, 1.54) is 5.01 Å². The van der Waals surface area contributed by atoms with Crippen LogP contribution in [0.3, 0.4) is 0 Å². The normalized spacial score (nSPS) is 16.3. The molecule has 2 heterocycles. The molecule has 136 valence electrons. The van der Waals surface area contributed by atoms with Gasteiger partial charge in [-0.2, -0.15) is 5.10 Å². The average Bonchev–Trinajstić information content (AvgIpc) is 3.37. The van der Waals surface area contributed by atoms with E-state index < -0.39 is 0 Å². The smallest absolute Gasteiger partial charge is 0.274 e. The van der Waals surface area contributed by atoms with Gasteiger partial charge in [0.15, 0.2) is 0 Å². The van der Waals surface area contributed by atoms with Crippen LogP contribution in [-0.4, -0.2) is 23.7 Å². The van der Waals surface area contributed by atoms with Gasteiger partial charge in [-0.15, -0.1) is 0 Å². The van der Waals surface area contributed by atoms with Crippen molar-refractivity contribution >= 4 is 23.2 Å². The minimum atomic E-state index is -0.312. The van der Waals surface area contributed by atoms with Crippen LogP contribution >= 0.6 is 11.6 Å². The van der Waals surface area contributed by atoms with E-state index in [2.05, 4.69) is 5.10 Å². The summed E-state index contributed by atoms with van der Waals surface area (Å²) in [6.45, 7) is 0. The third-order valence-electron chi connectivity index (χ3n) is 4.46. The Kier molecular flexibility index (Phi) is 4.69. The molecule has 0 bridgehead atoms. The van der Waals surface area contributed by atoms with Gasteiger partial charge in [0, 0.05) is 22.6 Å². The van der Waals surface area contributed by atoms with Crippen molar-refractivity contribution < 1.29 is 13.9 Å². The van der Waals surface area contributed by atoms with E-state index >= 15 is 0 Å². The van der Waals surface area contributed by atoms with Gasteiger partial charge in [0.05, 0.1) is 19.1 Å². The fraction of sp³-hybridized carbons (Fsp3) is 0.143. The molecular formula is C21H17ClN2O3. The average molecular weight is 381 g/mol. The van der Waals surface area contributed by atoms with Crippen molar-refractivity contribution in [1.82, 2.24) is 5.01 Å². The molecule has 0 fully saturated rings. The van der Waals surface area contributed by atoms with Gasteiger partial charge in [0.25, 0.3) is 5.91 Å². The molecule has 0 N–H and O–H groups in total. The van der Waals surface area contributed by atoms with E-state index in [0.29, 0.717) is 22.8 Å². The molecule has 27 heavy (non-hydrogen) atoms. The number of rotatable bonds is 4. The Morgan fingerprint density at radius 2 is 2.04 bits per heavy atom. The Labute approximate surface area is 161 Å². The zero-order chi connectivity index (χ0) is 18.8. The molecule has 1 aliphatic heterocycles. The summed E-state index contributed by atoms with van der Waals surface area (Å²) < 4.78 is 10.9. The van der Waals surface area contributed by atoms with E-state index in [-0.39, 0.29) is 11.9 Å². The van der Waals surface area contributed by atoms with Crippen molar-refractivity contribution in [2.45, 2.75) is 12.5 Å². The third kappa shape index (κ3) is 3.46. The minimum absolute atomic E-state index is 0.225. The molecule has 0 saturated heterocycles. The Balaban J connectivity index is 1.72. The first-order valence-electron chi connectivity index (χ1n) is 8.50. The molecule has 0 unspecified atom stereocenters. The zero-order valence-electron chi connectivity index (χ0n) is 14.6. The number of furan rings is 1. The van der Waals surface area contributed by atoms with Crippen LogP contribution in [0.5, 0.6) is 5.75 Å². The highest BCUT2D eigenvalue weighted by molar-refractivity contribution is 6.31. The molecule has 1 atom stereocenters. The highest BCUT2D eigenvalue weighted by Gasteiger charge is 2.35. The third-order valence-corrected chi connectivity index (χ3v) is 4.70. The SMILES string of the molecule is COc1cccc(C2=NN(C(=O)c3cccc(Cl)c3)[C@H](c3ccco3)C2)c1. The van der Waals surface area contributed by atoms with Crippen molar-refractivity contribution in [3.8, 4) is 5.75 Å². The summed E-state index contributed by atoms with van der Waals surface area (Å²) in [5, 5.41) is 6.60. The van der Waals surface area contributed by atoms with Crippen LogP contribution in [0.15, 0.2) is 76.4 Å². The van der Waals surface area contributed by atoms with Gasteiger partial charge in [0.2, 0.25) is 0 Å². The van der Waals surface area contributed by atoms with Crippen LogP contribution in [0.4, 0.5) is 0 Å². The first-order chi connectivity index (χ1) is 13.2. The van der Waals surface area contributed by atoms with Gasteiger partial charge in [-0.05, 0) is 42.5 Å². The Bertz CT molecular complexity index is 998. The van der Waals surface area contributed by atoms with Crippen molar-refractivity contribution in [3.05, 3.63) is 88.8 Å². The number of carbonyl (C=O) groups excluding carboxylic acids is 1. The molecule has 2 aromatic carbocycles. The molecule has 0 saturated carbocycles. The number of benzene rings is 2. The van der Waals surface area contributed by atoms with Crippen LogP contribution in [0.25, 0.3) is 0 Å². The second kappa shape index (κ2) is 7.29. The standard InChI is InChI=1S/C21H17ClN2O3/c1-26-17-8-3-5-14(12-17)18-13-19(20-9-4-10-27-20)24(23-18)21(25)15-6-2-7-16(22)11-15/h2-12,19H,13H2,1H3/t19-/m0/s1. The quantitative estimate of drug-likeness (QED) is 0.644. The topological polar surface area (TPSA) is 55.0 Å². The largest absolute Gasteiger partial charge is 0.497 e. The van der Waals surface area contributed by atoms with Crippen molar-refractivity contribution in [2.24, 2.45) is 5.10 Å². The fourth-order valence-electron chi connectivity index (χ4n) is 3.13. The predicted molar refractivity (Wildman–Crippen MR) is 103 cm³/mol. The number of nitrogens with zero attached hydrogens (tertiary/aromatic N) is 2. The molecule has 0 aliphatic carbocycles. The Morgan fingerprint density at radius 1 is 1.19 bits per heavy atom. The van der Waals surface area contributed by atoms with Crippen LogP contribution in [0.2, 0.25) is 5.02 Å². The van der Waals surface area contributed by atoms with Crippen LogP contribution in [0.1, 0.15) is 34.1 Å². The Morgan fingerprint density at radius 3 is 2.78 bits per heavy atom. The number of hydrazone groups is 1. The fourth-order valence-corrected chi connectivity index (χ4v) is 3.32. The summed E-state index contributed by atoms with van der Waals surface area (Å²) in [6, 6.07) is 17.8. The highest BCUT2D eigenvalue weighted by Crippen LogP contribution is 2.34. The van der Waals surface area contributed by atoms with E-state index in [1.807, 2.05) is 30.3 Å². The zero-order valence-corrected chi connectivity index (χ0v) is 15.4. The number of halogens is 1. The Hall–Kier alpha value is -3.05. The van der Waals surface area contributed by atoms with Crippen molar-refractivity contribution in [1.29, 1.82) is 0 Å². The van der Waals surface area contributed by atoms with Gasteiger partial charge in [0.1, 0.15) is 17.6 Å². The lowest BCUT2D eigenvalue weighted by Crippen LogP contribution is -2.26. The lowest BCUT2D eigenvalue weighted by atomic mass is 10.0. The van der Waals surface area contributed by atoms with Crippen LogP contribution in [0, 0.1) is 0 Å². The van der Waals surface area contributed by atoms with Gasteiger partial charge < -0.3 is 9.15 Å². The highest BCUT2D eigenvalue weighted by atomic mass is 35.5. The monoisotopic (exact) mass is 380 g/mol. The second-order valence-corrected chi connectivity index (χ2v) is 6.61. The van der Waals surface area contributed by atoms with Gasteiger partial charge in [-0.25, -0.2) is 5.01 Å². The predicted octanol–water partition coefficient (Wildman–Crippen LogP) is 4.93. The summed E-state index contributed by atoms with van der Waals surface area (Å²) in [5.41, 5.74) is 2.19. The summed E-state index contributed by atoms with van der Waals surface area (Å²) in [5.74, 6) is 1.20. The second-order valence-electron chi connectivity index (χ2n) is 6.17. The van der Waals surface area contributed by atoms with Crippen LogP contribution < -0.4 is 4.74 Å². The number of carbonyl (C=O) groups is 1. The van der Waals surface area contributed by atoms with E-state index in [0.717, 1.165) is 17.0 Å². The number of amides is 1. The van der Waals surface area contributed by atoms with E-state index in [9.17, 15) is 4.79 Å². The lowest BCUT2D eigenvalue weighted by molar-refractivity contribution is 0.0693. The maximum atomic E-state index is 13.1. The molecule has 3 aromatic rings. The van der Waals surface area contributed by atoms with Gasteiger partial charge in [-0.3, -0.25) is 4.79 Å². The van der Waals surface area contributed by atoms with Crippen LogP contribution in [-0.2, 0) is 0 Å². The van der Waals surface area contributed by atoms with Crippen molar-refractivity contribution in [3.63, 3.8) is 0 Å². The number of hydrogen-bond donors (Lipinski definition) is 0. The first kappa shape index (κ1) is 17.4. The molecule has 1 amide bonds. The summed E-state index contributed by atoms with van der Waals surface area (Å²) in [6.07, 6.45) is 2.15. The van der Waals surface area contributed by atoms with Crippen molar-refractivity contribution in [2.75, 3.05) is 7.11 Å². The maximum absolute atomic E-state index is 13.1. The lowest BCUT2D eigenvalue weighted by Gasteiger charge is -2.20. The number of ether oxygens (including phenoxy) is 1. The molecule has 1 aromatic heterocycles. The maximum Gasteiger partial charge on any atom is 0.274 e. The molecule has 4 rings (SSSR count). The molecule has 6 heteroatoms. The molecule has 0 radical (unpaired) electrons. The molecule has 0 spiro atoms. The molecule has 5 nitrogen and oxygen atoms in total. The number of methoxy groups -OCH3 is 1. The van der Waals surface area contributed by atoms with Gasteiger partial charge >= 0.3 is 0 Å². The van der Waals surface area contributed by atoms with E-state index in [1.54, 1.807) is 43.7 Å². The first-order valence-corrected chi connectivity index (χ1v) is 8.88.